The molecule has 2 rings (SSSR count). The quantitative estimate of drug-likeness (QED) is 0.553. The molecule has 0 saturated carbocycles. The Morgan fingerprint density at radius 3 is 2.59 bits per heavy atom. The van der Waals surface area contributed by atoms with Crippen molar-refractivity contribution in [3.8, 4) is 0 Å². The van der Waals surface area contributed by atoms with Gasteiger partial charge in [0, 0.05) is 35.2 Å². The molecule has 5 nitrogen and oxygen atoms in total. The molecule has 0 aliphatic rings. The first-order valence-electron chi connectivity index (χ1n) is 7.68. The lowest BCUT2D eigenvalue weighted by atomic mass is 10.1. The van der Waals surface area contributed by atoms with E-state index >= 15 is 0 Å². The first-order chi connectivity index (χ1) is 12.7. The van der Waals surface area contributed by atoms with E-state index in [4.69, 9.17) is 22.7 Å². The minimum Gasteiger partial charge on any atom is -0.403 e. The van der Waals surface area contributed by atoms with Crippen molar-refractivity contribution < 1.29 is 18.0 Å². The summed E-state index contributed by atoms with van der Waals surface area (Å²) in [4.78, 5) is 12.3. The zero-order chi connectivity index (χ0) is 20.0. The molecule has 142 valence electrons. The van der Waals surface area contributed by atoms with Gasteiger partial charge in [0.2, 0.25) is 0 Å². The smallest absolute Gasteiger partial charge is 0.403 e. The van der Waals surface area contributed by atoms with Gasteiger partial charge in [-0.3, -0.25) is 4.79 Å². The van der Waals surface area contributed by atoms with Crippen LogP contribution in [0.4, 0.5) is 18.9 Å². The molecule has 0 spiro atoms. The first-order valence-corrected chi connectivity index (χ1v) is 8.05. The molecule has 0 aliphatic carbocycles. The molecule has 2 aromatic carbocycles. The molecule has 9 heteroatoms. The zero-order valence-electron chi connectivity index (χ0n) is 13.9. The predicted molar refractivity (Wildman–Crippen MR) is 98.7 cm³/mol. The highest BCUT2D eigenvalue weighted by Crippen LogP contribution is 2.29. The second kappa shape index (κ2) is 8.59. The molecule has 0 unspecified atom stereocenters. The van der Waals surface area contributed by atoms with E-state index in [9.17, 15) is 18.0 Å². The molecule has 0 atom stereocenters. The summed E-state index contributed by atoms with van der Waals surface area (Å²) >= 11 is 6.11. The maximum Gasteiger partial charge on any atom is 0.416 e. The number of carbonyl (C=O) groups is 1. The third-order valence-electron chi connectivity index (χ3n) is 3.57. The Labute approximate surface area is 158 Å². The van der Waals surface area contributed by atoms with Crippen molar-refractivity contribution >= 4 is 29.4 Å². The van der Waals surface area contributed by atoms with Crippen molar-refractivity contribution in [3.05, 3.63) is 76.1 Å². The highest BCUT2D eigenvalue weighted by molar-refractivity contribution is 6.31. The molecule has 0 heterocycles. The summed E-state index contributed by atoms with van der Waals surface area (Å²) in [6.45, 7) is 0.241. The van der Waals surface area contributed by atoms with Gasteiger partial charge in [-0.15, -0.1) is 0 Å². The Hall–Kier alpha value is -3.00. The van der Waals surface area contributed by atoms with E-state index in [0.29, 0.717) is 22.0 Å². The van der Waals surface area contributed by atoms with Gasteiger partial charge < -0.3 is 21.8 Å². The summed E-state index contributed by atoms with van der Waals surface area (Å²) in [7, 11) is 0. The van der Waals surface area contributed by atoms with Crippen LogP contribution in [0.3, 0.4) is 0 Å². The van der Waals surface area contributed by atoms with Crippen LogP contribution in [0.2, 0.25) is 5.02 Å². The summed E-state index contributed by atoms with van der Waals surface area (Å²) in [5.74, 6) is -0.677. The standard InChI is InChI=1S/C18H16ClF3N4O/c19-16-5-4-14(7-12(16)10-25-15(8-23)9-24)26-17(27)11-2-1-3-13(6-11)18(20,21)22/h1-9,23,25H,10,24H2,(H,26,27)/b15-9+,23-8?. The average molecular weight is 397 g/mol. The number of allylic oxidation sites excluding steroid dienone is 1. The Morgan fingerprint density at radius 1 is 1.22 bits per heavy atom. The number of amides is 1. The van der Waals surface area contributed by atoms with E-state index in [-0.39, 0.29) is 12.1 Å². The monoisotopic (exact) mass is 396 g/mol. The number of rotatable bonds is 6. The molecule has 2 aromatic rings. The number of hydrogen-bond acceptors (Lipinski definition) is 4. The molecule has 27 heavy (non-hydrogen) atoms. The van der Waals surface area contributed by atoms with Gasteiger partial charge >= 0.3 is 6.18 Å². The first kappa shape index (κ1) is 20.3. The van der Waals surface area contributed by atoms with Crippen molar-refractivity contribution in [3.63, 3.8) is 0 Å². The van der Waals surface area contributed by atoms with Gasteiger partial charge in [0.1, 0.15) is 0 Å². The predicted octanol–water partition coefficient (Wildman–Crippen LogP) is 4.15. The zero-order valence-corrected chi connectivity index (χ0v) is 14.7. The van der Waals surface area contributed by atoms with Crippen LogP contribution in [-0.2, 0) is 12.7 Å². The number of alkyl halides is 3. The van der Waals surface area contributed by atoms with Crippen LogP contribution in [0.25, 0.3) is 0 Å². The number of hydrogen-bond donors (Lipinski definition) is 4. The van der Waals surface area contributed by atoms with Crippen LogP contribution >= 0.6 is 11.6 Å². The highest BCUT2D eigenvalue weighted by atomic mass is 35.5. The molecular formula is C18H16ClF3N4O. The maximum atomic E-state index is 12.8. The van der Waals surface area contributed by atoms with Gasteiger partial charge in [-0.1, -0.05) is 17.7 Å². The SMILES string of the molecule is N=C/C(=C\N)NCc1cc(NC(=O)c2cccc(C(F)(F)F)c2)ccc1Cl. The number of anilines is 1. The fourth-order valence-corrected chi connectivity index (χ4v) is 2.37. The van der Waals surface area contributed by atoms with E-state index in [2.05, 4.69) is 10.6 Å². The summed E-state index contributed by atoms with van der Waals surface area (Å²) in [6, 6.07) is 8.83. The van der Waals surface area contributed by atoms with Crippen LogP contribution in [-0.4, -0.2) is 12.1 Å². The third-order valence-corrected chi connectivity index (χ3v) is 3.94. The maximum absolute atomic E-state index is 12.8. The minimum atomic E-state index is -4.53. The Morgan fingerprint density at radius 2 is 1.96 bits per heavy atom. The summed E-state index contributed by atoms with van der Waals surface area (Å²) in [6.07, 6.45) is -2.27. The Balaban J connectivity index is 2.16. The molecule has 0 radical (unpaired) electrons. The molecule has 0 fully saturated rings. The summed E-state index contributed by atoms with van der Waals surface area (Å²) in [5, 5.41) is 13.0. The van der Waals surface area contributed by atoms with Crippen LogP contribution in [0.1, 0.15) is 21.5 Å². The van der Waals surface area contributed by atoms with Gasteiger partial charge in [-0.05, 0) is 42.0 Å². The number of benzene rings is 2. The number of carbonyl (C=O) groups excluding carboxylic acids is 1. The molecule has 5 N–H and O–H groups in total. The fourth-order valence-electron chi connectivity index (χ4n) is 2.18. The lowest BCUT2D eigenvalue weighted by Crippen LogP contribution is -2.16. The molecule has 0 aromatic heterocycles. The van der Waals surface area contributed by atoms with E-state index in [1.165, 1.54) is 24.4 Å². The molecule has 0 saturated heterocycles. The van der Waals surface area contributed by atoms with Crippen LogP contribution in [0.5, 0.6) is 0 Å². The number of nitrogens with two attached hydrogens (primary N) is 1. The minimum absolute atomic E-state index is 0.114. The Kier molecular flexibility index (Phi) is 6.46. The van der Waals surface area contributed by atoms with Gasteiger partial charge in [0.15, 0.2) is 0 Å². The third kappa shape index (κ3) is 5.49. The van der Waals surface area contributed by atoms with E-state index in [0.717, 1.165) is 18.3 Å². The van der Waals surface area contributed by atoms with Crippen LogP contribution in [0.15, 0.2) is 54.4 Å². The fraction of sp³-hybridized carbons (Fsp3) is 0.111. The van der Waals surface area contributed by atoms with Gasteiger partial charge in [-0.25, -0.2) is 0 Å². The number of nitrogens with one attached hydrogen (secondary N) is 3. The van der Waals surface area contributed by atoms with Crippen molar-refractivity contribution in [1.82, 2.24) is 5.32 Å². The number of halogens is 4. The molecule has 0 bridgehead atoms. The normalized spacial score (nSPS) is 11.8. The summed E-state index contributed by atoms with van der Waals surface area (Å²) in [5.41, 5.74) is 5.69. The van der Waals surface area contributed by atoms with E-state index in [1.807, 2.05) is 0 Å². The second-order valence-corrected chi connectivity index (χ2v) is 5.87. The van der Waals surface area contributed by atoms with Gasteiger partial charge in [0.05, 0.1) is 11.3 Å². The largest absolute Gasteiger partial charge is 0.416 e. The van der Waals surface area contributed by atoms with E-state index in [1.54, 1.807) is 12.1 Å². The van der Waals surface area contributed by atoms with Crippen LogP contribution < -0.4 is 16.4 Å². The Bertz CT molecular complexity index is 881. The van der Waals surface area contributed by atoms with Crippen molar-refractivity contribution in [1.29, 1.82) is 5.41 Å². The van der Waals surface area contributed by atoms with Gasteiger partial charge in [-0.2, -0.15) is 13.2 Å². The van der Waals surface area contributed by atoms with Crippen LogP contribution in [0, 0.1) is 5.41 Å². The van der Waals surface area contributed by atoms with Crippen molar-refractivity contribution in [2.45, 2.75) is 12.7 Å². The molecule has 1 amide bonds. The van der Waals surface area contributed by atoms with Crippen molar-refractivity contribution in [2.75, 3.05) is 5.32 Å². The van der Waals surface area contributed by atoms with Crippen molar-refractivity contribution in [2.24, 2.45) is 5.73 Å². The molecule has 0 aliphatic heterocycles. The molecular weight excluding hydrogens is 381 g/mol. The second-order valence-electron chi connectivity index (χ2n) is 5.46. The van der Waals surface area contributed by atoms with E-state index < -0.39 is 17.6 Å². The topological polar surface area (TPSA) is 91.0 Å². The lowest BCUT2D eigenvalue weighted by molar-refractivity contribution is -0.137. The lowest BCUT2D eigenvalue weighted by Gasteiger charge is -2.12. The highest BCUT2D eigenvalue weighted by Gasteiger charge is 2.30. The van der Waals surface area contributed by atoms with Gasteiger partial charge in [0.25, 0.3) is 5.91 Å². The average Bonchev–Trinajstić information content (AvgIpc) is 2.64. The summed E-state index contributed by atoms with van der Waals surface area (Å²) < 4.78 is 38.3.